The van der Waals surface area contributed by atoms with Crippen LogP contribution in [0, 0.1) is 11.3 Å². The molecule has 1 saturated heterocycles. The molecule has 3 aromatic rings. The number of piperidine rings is 1. The third kappa shape index (κ3) is 3.47. The summed E-state index contributed by atoms with van der Waals surface area (Å²) >= 11 is 0. The Hall–Kier alpha value is -2.91. The molecular weight excluding hydrogens is 312 g/mol. The third-order valence-electron chi connectivity index (χ3n) is 4.72. The van der Waals surface area contributed by atoms with Gasteiger partial charge in [-0.15, -0.1) is 0 Å². The van der Waals surface area contributed by atoms with Gasteiger partial charge in [0, 0.05) is 31.9 Å². The van der Waals surface area contributed by atoms with Crippen molar-refractivity contribution in [3.8, 4) is 6.07 Å². The second-order valence-electron chi connectivity index (χ2n) is 6.45. The maximum Gasteiger partial charge on any atom is 0.154 e. The first-order chi connectivity index (χ1) is 12.3. The van der Waals surface area contributed by atoms with Crippen LogP contribution in [0.3, 0.4) is 0 Å². The quantitative estimate of drug-likeness (QED) is 0.795. The van der Waals surface area contributed by atoms with Gasteiger partial charge in [0.1, 0.15) is 11.8 Å². The molecule has 3 heterocycles. The molecule has 1 aromatic carbocycles. The van der Waals surface area contributed by atoms with Crippen molar-refractivity contribution in [1.82, 2.24) is 19.5 Å². The molecule has 1 aliphatic rings. The predicted octanol–water partition coefficient (Wildman–Crippen LogP) is 2.68. The lowest BCUT2D eigenvalue weighted by atomic mass is 10.0. The SMILES string of the molecule is N#Cc1cccc(CN2CCC(Nc3ncnn4cccc34)CC2)c1. The van der Waals surface area contributed by atoms with Crippen LogP contribution in [-0.4, -0.2) is 38.6 Å². The number of nitriles is 1. The Kier molecular flexibility index (Phi) is 4.32. The molecule has 2 aromatic heterocycles. The second kappa shape index (κ2) is 6.91. The Morgan fingerprint density at radius 3 is 2.92 bits per heavy atom. The molecule has 1 fully saturated rings. The zero-order valence-corrected chi connectivity index (χ0v) is 14.0. The van der Waals surface area contributed by atoms with Crippen LogP contribution in [0.25, 0.3) is 5.52 Å². The molecule has 0 spiro atoms. The van der Waals surface area contributed by atoms with Crippen LogP contribution in [0.5, 0.6) is 0 Å². The molecule has 4 rings (SSSR count). The molecule has 25 heavy (non-hydrogen) atoms. The van der Waals surface area contributed by atoms with E-state index in [0.717, 1.165) is 49.4 Å². The number of anilines is 1. The predicted molar refractivity (Wildman–Crippen MR) is 96.1 cm³/mol. The minimum atomic E-state index is 0.426. The van der Waals surface area contributed by atoms with Crippen LogP contribution in [0.2, 0.25) is 0 Å². The van der Waals surface area contributed by atoms with Gasteiger partial charge < -0.3 is 5.32 Å². The number of nitrogens with zero attached hydrogens (tertiary/aromatic N) is 5. The highest BCUT2D eigenvalue weighted by molar-refractivity contribution is 5.67. The average molecular weight is 332 g/mol. The van der Waals surface area contributed by atoms with E-state index in [2.05, 4.69) is 32.4 Å². The molecule has 1 N–H and O–H groups in total. The van der Waals surface area contributed by atoms with E-state index in [0.29, 0.717) is 6.04 Å². The highest BCUT2D eigenvalue weighted by Gasteiger charge is 2.20. The van der Waals surface area contributed by atoms with Crippen molar-refractivity contribution in [3.63, 3.8) is 0 Å². The Morgan fingerprint density at radius 1 is 1.20 bits per heavy atom. The summed E-state index contributed by atoms with van der Waals surface area (Å²) in [7, 11) is 0. The average Bonchev–Trinajstić information content (AvgIpc) is 3.13. The molecule has 1 aliphatic heterocycles. The maximum atomic E-state index is 9.02. The molecule has 0 amide bonds. The molecule has 0 unspecified atom stereocenters. The van der Waals surface area contributed by atoms with Gasteiger partial charge in [-0.2, -0.15) is 10.4 Å². The Balaban J connectivity index is 1.35. The van der Waals surface area contributed by atoms with Gasteiger partial charge in [0.15, 0.2) is 5.82 Å². The monoisotopic (exact) mass is 332 g/mol. The second-order valence-corrected chi connectivity index (χ2v) is 6.45. The maximum absolute atomic E-state index is 9.02. The van der Waals surface area contributed by atoms with Crippen molar-refractivity contribution in [3.05, 3.63) is 60.0 Å². The van der Waals surface area contributed by atoms with Gasteiger partial charge in [0.25, 0.3) is 0 Å². The van der Waals surface area contributed by atoms with E-state index < -0.39 is 0 Å². The number of fused-ring (bicyclic) bond motifs is 1. The standard InChI is InChI=1S/C19H20N6/c20-12-15-3-1-4-16(11-15)13-24-9-6-17(7-10-24)23-19-18-5-2-8-25(18)22-14-21-19/h1-5,8,11,14,17H,6-7,9-10,13H2,(H,21,22,23). The zero-order chi connectivity index (χ0) is 17.1. The van der Waals surface area contributed by atoms with Crippen LogP contribution in [0.4, 0.5) is 5.82 Å². The first-order valence-electron chi connectivity index (χ1n) is 8.58. The summed E-state index contributed by atoms with van der Waals surface area (Å²) in [6, 6.07) is 14.5. The lowest BCUT2D eigenvalue weighted by Crippen LogP contribution is -2.38. The number of benzene rings is 1. The van der Waals surface area contributed by atoms with Gasteiger partial charge in [-0.3, -0.25) is 4.90 Å². The normalized spacial score (nSPS) is 16.0. The van der Waals surface area contributed by atoms with Crippen LogP contribution in [0.1, 0.15) is 24.0 Å². The highest BCUT2D eigenvalue weighted by atomic mass is 15.3. The number of aromatic nitrogens is 3. The largest absolute Gasteiger partial charge is 0.365 e. The minimum absolute atomic E-state index is 0.426. The molecule has 0 atom stereocenters. The first-order valence-corrected chi connectivity index (χ1v) is 8.58. The number of rotatable bonds is 4. The van der Waals surface area contributed by atoms with Gasteiger partial charge >= 0.3 is 0 Å². The lowest BCUT2D eigenvalue weighted by molar-refractivity contribution is 0.211. The number of hydrogen-bond acceptors (Lipinski definition) is 5. The first kappa shape index (κ1) is 15.6. The molecule has 0 saturated carbocycles. The topological polar surface area (TPSA) is 69.2 Å². The molecule has 0 bridgehead atoms. The van der Waals surface area contributed by atoms with Gasteiger partial charge in [0.2, 0.25) is 0 Å². The van der Waals surface area contributed by atoms with Crippen LogP contribution >= 0.6 is 0 Å². The Bertz CT molecular complexity index is 901. The third-order valence-corrected chi connectivity index (χ3v) is 4.72. The summed E-state index contributed by atoms with van der Waals surface area (Å²) in [5.41, 5.74) is 2.95. The Morgan fingerprint density at radius 2 is 2.08 bits per heavy atom. The summed E-state index contributed by atoms with van der Waals surface area (Å²) in [5, 5.41) is 16.8. The number of hydrogen-bond donors (Lipinski definition) is 1. The van der Waals surface area contributed by atoms with Crippen molar-refractivity contribution in [2.24, 2.45) is 0 Å². The van der Waals surface area contributed by atoms with Gasteiger partial charge in [-0.1, -0.05) is 12.1 Å². The number of nitrogens with one attached hydrogen (secondary N) is 1. The molecule has 6 nitrogen and oxygen atoms in total. The fourth-order valence-electron chi connectivity index (χ4n) is 3.40. The molecule has 0 aliphatic carbocycles. The molecule has 6 heteroatoms. The highest BCUT2D eigenvalue weighted by Crippen LogP contribution is 2.20. The summed E-state index contributed by atoms with van der Waals surface area (Å²) in [5.74, 6) is 0.903. The van der Waals surface area contributed by atoms with Crippen molar-refractivity contribution >= 4 is 11.3 Å². The lowest BCUT2D eigenvalue weighted by Gasteiger charge is -2.32. The summed E-state index contributed by atoms with van der Waals surface area (Å²) in [6.45, 7) is 2.98. The smallest absolute Gasteiger partial charge is 0.154 e. The number of likely N-dealkylation sites (tertiary alicyclic amines) is 1. The molecular formula is C19H20N6. The van der Waals surface area contributed by atoms with E-state index >= 15 is 0 Å². The van der Waals surface area contributed by atoms with Crippen LogP contribution in [-0.2, 0) is 6.54 Å². The fraction of sp³-hybridized carbons (Fsp3) is 0.316. The van der Waals surface area contributed by atoms with E-state index in [1.165, 1.54) is 5.56 Å². The molecule has 0 radical (unpaired) electrons. The Labute approximate surface area is 146 Å². The van der Waals surface area contributed by atoms with E-state index in [4.69, 9.17) is 5.26 Å². The van der Waals surface area contributed by atoms with Crippen LogP contribution in [0.15, 0.2) is 48.9 Å². The van der Waals surface area contributed by atoms with Crippen LogP contribution < -0.4 is 5.32 Å². The van der Waals surface area contributed by atoms with Gasteiger partial charge in [-0.05, 0) is 42.7 Å². The zero-order valence-electron chi connectivity index (χ0n) is 14.0. The van der Waals surface area contributed by atoms with Crippen molar-refractivity contribution < 1.29 is 0 Å². The van der Waals surface area contributed by atoms with Crippen molar-refractivity contribution in [2.45, 2.75) is 25.4 Å². The van der Waals surface area contributed by atoms with E-state index in [9.17, 15) is 0 Å². The van der Waals surface area contributed by atoms with Crippen molar-refractivity contribution in [1.29, 1.82) is 5.26 Å². The molecule has 126 valence electrons. The van der Waals surface area contributed by atoms with Crippen molar-refractivity contribution in [2.75, 3.05) is 18.4 Å². The van der Waals surface area contributed by atoms with E-state index in [1.54, 1.807) is 6.33 Å². The van der Waals surface area contributed by atoms with Gasteiger partial charge in [0.05, 0.1) is 11.6 Å². The summed E-state index contributed by atoms with van der Waals surface area (Å²) in [4.78, 5) is 6.84. The summed E-state index contributed by atoms with van der Waals surface area (Å²) in [6.07, 6.45) is 5.68. The minimum Gasteiger partial charge on any atom is -0.365 e. The van der Waals surface area contributed by atoms with E-state index in [1.807, 2.05) is 41.0 Å². The fourth-order valence-corrected chi connectivity index (χ4v) is 3.40. The van der Waals surface area contributed by atoms with Gasteiger partial charge in [-0.25, -0.2) is 9.50 Å². The summed E-state index contributed by atoms with van der Waals surface area (Å²) < 4.78 is 1.84. The van der Waals surface area contributed by atoms with E-state index in [-0.39, 0.29) is 0 Å².